The number of aliphatic hydroxyl groups is 1. The third kappa shape index (κ3) is 4.30. The molecule has 0 radical (unpaired) electrons. The molecule has 1 N–H and O–H groups in total. The first-order valence-corrected chi connectivity index (χ1v) is 9.72. The van der Waals surface area contributed by atoms with Gasteiger partial charge in [0.1, 0.15) is 0 Å². The van der Waals surface area contributed by atoms with Crippen molar-refractivity contribution in [3.63, 3.8) is 0 Å². The molecule has 1 aliphatic rings. The molecule has 0 bridgehead atoms. The van der Waals surface area contributed by atoms with Gasteiger partial charge in [-0.15, -0.1) is 0 Å². The minimum absolute atomic E-state index is 0.116. The first-order chi connectivity index (χ1) is 13.7. The Hall–Kier alpha value is -1.80. The number of fused-ring (bicyclic) bond motifs is 1. The largest absolute Gasteiger partial charge is 0.428 e. The van der Waals surface area contributed by atoms with E-state index in [0.29, 0.717) is 11.5 Å². The van der Waals surface area contributed by atoms with E-state index in [1.165, 1.54) is 0 Å². The zero-order valence-corrected chi connectivity index (χ0v) is 17.1. The molecule has 0 saturated heterocycles. The van der Waals surface area contributed by atoms with Gasteiger partial charge in [-0.2, -0.15) is 26.3 Å². The van der Waals surface area contributed by atoms with Crippen molar-refractivity contribution in [1.82, 2.24) is 0 Å². The monoisotopic (exact) mass is 436 g/mol. The molecule has 0 aromatic heterocycles. The maximum atomic E-state index is 13.1. The van der Waals surface area contributed by atoms with Crippen molar-refractivity contribution in [1.29, 1.82) is 0 Å². The molecule has 8 heteroatoms. The van der Waals surface area contributed by atoms with E-state index in [9.17, 15) is 31.4 Å². The standard InChI is InChI=1S/C22H26F6O2/c1-5-15-11-17(12-16-9-8-14(4)10-18(15)16)19(6-2,7-3)30-13-20(29,21(23,24)25)22(26,27)28/h5,8-9,11-12,14,29H,1,6-7,10,13H2,2-4H3. The molecule has 0 aliphatic heterocycles. The van der Waals surface area contributed by atoms with Gasteiger partial charge >= 0.3 is 12.4 Å². The highest BCUT2D eigenvalue weighted by Gasteiger charge is 2.71. The SMILES string of the molecule is C=Cc1cc(C(CC)(CC)OCC(O)(C(F)(F)F)C(F)(F)F)cc2c1CC(C)C=C2. The molecular formula is C22H26F6O2. The van der Waals surface area contributed by atoms with Crippen LogP contribution in [0.1, 0.15) is 55.9 Å². The van der Waals surface area contributed by atoms with Gasteiger partial charge in [0.05, 0.1) is 12.2 Å². The van der Waals surface area contributed by atoms with E-state index < -0.39 is 30.2 Å². The Kier molecular flexibility index (Phi) is 6.84. The van der Waals surface area contributed by atoms with Crippen LogP contribution in [0.25, 0.3) is 12.2 Å². The Labute approximate surface area is 172 Å². The zero-order chi connectivity index (χ0) is 23.0. The number of rotatable bonds is 7. The van der Waals surface area contributed by atoms with Gasteiger partial charge in [0.25, 0.3) is 5.60 Å². The van der Waals surface area contributed by atoms with Crippen LogP contribution in [0.3, 0.4) is 0 Å². The quantitative estimate of drug-likeness (QED) is 0.500. The molecule has 1 aromatic carbocycles. The van der Waals surface area contributed by atoms with Gasteiger partial charge in [0.2, 0.25) is 0 Å². The summed E-state index contributed by atoms with van der Waals surface area (Å²) < 4.78 is 83.9. The number of alkyl halides is 6. The number of hydrogen-bond acceptors (Lipinski definition) is 2. The summed E-state index contributed by atoms with van der Waals surface area (Å²) in [5, 5.41) is 9.51. The second kappa shape index (κ2) is 8.38. The van der Waals surface area contributed by atoms with Crippen LogP contribution in [0.4, 0.5) is 26.3 Å². The minimum atomic E-state index is -5.93. The number of allylic oxidation sites excluding steroid dienone is 1. The molecule has 0 saturated carbocycles. The molecule has 1 unspecified atom stereocenters. The van der Waals surface area contributed by atoms with Gasteiger partial charge in [-0.05, 0) is 59.6 Å². The fraction of sp³-hybridized carbons (Fsp3) is 0.545. The fourth-order valence-electron chi connectivity index (χ4n) is 3.72. The average Bonchev–Trinajstić information content (AvgIpc) is 2.66. The van der Waals surface area contributed by atoms with Crippen LogP contribution in [0.15, 0.2) is 24.8 Å². The number of hydrogen-bond donors (Lipinski definition) is 1. The first kappa shape index (κ1) is 24.5. The van der Waals surface area contributed by atoms with Gasteiger partial charge in [-0.25, -0.2) is 0 Å². The van der Waals surface area contributed by atoms with Crippen molar-refractivity contribution in [2.24, 2.45) is 5.92 Å². The molecule has 0 heterocycles. The van der Waals surface area contributed by atoms with Gasteiger partial charge in [-0.1, -0.05) is 45.6 Å². The summed E-state index contributed by atoms with van der Waals surface area (Å²) in [7, 11) is 0. The molecule has 0 amide bonds. The van der Waals surface area contributed by atoms with Crippen LogP contribution in [-0.2, 0) is 16.8 Å². The lowest BCUT2D eigenvalue weighted by atomic mass is 9.80. The summed E-state index contributed by atoms with van der Waals surface area (Å²) in [5.41, 5.74) is -3.33. The van der Waals surface area contributed by atoms with Gasteiger partial charge in [0.15, 0.2) is 0 Å². The number of benzene rings is 1. The van der Waals surface area contributed by atoms with E-state index in [-0.39, 0.29) is 12.8 Å². The van der Waals surface area contributed by atoms with E-state index in [2.05, 4.69) is 6.58 Å². The third-order valence-electron chi connectivity index (χ3n) is 5.83. The predicted octanol–water partition coefficient (Wildman–Crippen LogP) is 6.42. The highest BCUT2D eigenvalue weighted by atomic mass is 19.4. The normalized spacial score (nSPS) is 17.7. The maximum absolute atomic E-state index is 13.1. The second-order valence-corrected chi connectivity index (χ2v) is 7.72. The fourth-order valence-corrected chi connectivity index (χ4v) is 3.72. The van der Waals surface area contributed by atoms with Crippen molar-refractivity contribution in [3.8, 4) is 0 Å². The summed E-state index contributed by atoms with van der Waals surface area (Å²) in [6.45, 7) is 7.12. The van der Waals surface area contributed by atoms with Crippen LogP contribution in [0.5, 0.6) is 0 Å². The van der Waals surface area contributed by atoms with E-state index in [4.69, 9.17) is 4.74 Å². The summed E-state index contributed by atoms with van der Waals surface area (Å²) in [5.74, 6) is 0.300. The van der Waals surface area contributed by atoms with Crippen LogP contribution in [-0.4, -0.2) is 29.7 Å². The summed E-state index contributed by atoms with van der Waals surface area (Å²) in [6, 6.07) is 3.43. The van der Waals surface area contributed by atoms with Crippen molar-refractivity contribution < 1.29 is 36.2 Å². The van der Waals surface area contributed by atoms with E-state index in [1.54, 1.807) is 32.1 Å². The Morgan fingerprint density at radius 3 is 2.13 bits per heavy atom. The number of halogens is 6. The predicted molar refractivity (Wildman–Crippen MR) is 104 cm³/mol. The van der Waals surface area contributed by atoms with Crippen LogP contribution in [0.2, 0.25) is 0 Å². The lowest BCUT2D eigenvalue weighted by Crippen LogP contribution is -2.60. The molecular weight excluding hydrogens is 410 g/mol. The van der Waals surface area contributed by atoms with E-state index in [1.807, 2.05) is 19.1 Å². The van der Waals surface area contributed by atoms with Gasteiger partial charge in [-0.3, -0.25) is 0 Å². The highest BCUT2D eigenvalue weighted by molar-refractivity contribution is 5.67. The maximum Gasteiger partial charge on any atom is 0.428 e. The molecule has 0 spiro atoms. The van der Waals surface area contributed by atoms with Gasteiger partial charge in [0, 0.05) is 0 Å². The van der Waals surface area contributed by atoms with Crippen molar-refractivity contribution >= 4 is 12.2 Å². The summed E-state index contributed by atoms with van der Waals surface area (Å²) in [6.07, 6.45) is -5.38. The Morgan fingerprint density at radius 2 is 1.67 bits per heavy atom. The minimum Gasteiger partial charge on any atom is -0.372 e. The summed E-state index contributed by atoms with van der Waals surface area (Å²) in [4.78, 5) is 0. The average molecular weight is 436 g/mol. The van der Waals surface area contributed by atoms with Crippen molar-refractivity contribution in [2.45, 2.75) is 63.6 Å². The third-order valence-corrected chi connectivity index (χ3v) is 5.83. The molecule has 168 valence electrons. The van der Waals surface area contributed by atoms with Crippen LogP contribution in [0, 0.1) is 5.92 Å². The first-order valence-electron chi connectivity index (χ1n) is 9.72. The van der Waals surface area contributed by atoms with E-state index in [0.717, 1.165) is 23.1 Å². The lowest BCUT2D eigenvalue weighted by Gasteiger charge is -2.39. The van der Waals surface area contributed by atoms with Crippen LogP contribution >= 0.6 is 0 Å². The molecule has 1 aromatic rings. The Bertz CT molecular complexity index is 789. The van der Waals surface area contributed by atoms with Crippen molar-refractivity contribution in [3.05, 3.63) is 47.0 Å². The second-order valence-electron chi connectivity index (χ2n) is 7.72. The highest BCUT2D eigenvalue weighted by Crippen LogP contribution is 2.46. The molecule has 2 nitrogen and oxygen atoms in total. The smallest absolute Gasteiger partial charge is 0.372 e. The lowest BCUT2D eigenvalue weighted by molar-refractivity contribution is -0.383. The summed E-state index contributed by atoms with van der Waals surface area (Å²) >= 11 is 0. The Morgan fingerprint density at radius 1 is 1.10 bits per heavy atom. The molecule has 1 atom stereocenters. The molecule has 1 aliphatic carbocycles. The van der Waals surface area contributed by atoms with Gasteiger partial charge < -0.3 is 9.84 Å². The van der Waals surface area contributed by atoms with E-state index >= 15 is 0 Å². The number of ether oxygens (including phenoxy) is 1. The van der Waals surface area contributed by atoms with Crippen LogP contribution < -0.4 is 0 Å². The zero-order valence-electron chi connectivity index (χ0n) is 17.1. The Balaban J connectivity index is 2.52. The molecule has 30 heavy (non-hydrogen) atoms. The van der Waals surface area contributed by atoms with Crippen molar-refractivity contribution in [2.75, 3.05) is 6.61 Å². The molecule has 0 fully saturated rings. The molecule has 2 rings (SSSR count). The topological polar surface area (TPSA) is 29.5 Å².